The van der Waals surface area contributed by atoms with Gasteiger partial charge in [-0.1, -0.05) is 6.92 Å². The molecule has 3 aliphatic rings. The van der Waals surface area contributed by atoms with Crippen molar-refractivity contribution >= 4 is 11.6 Å². The number of nitrogen functional groups attached to an aromatic ring is 1. The number of hydrogen-bond acceptors (Lipinski definition) is 7. The highest BCUT2D eigenvalue weighted by atomic mass is 19.3. The quantitative estimate of drug-likeness (QED) is 0.792. The molecule has 2 saturated heterocycles. The molecular weight excluding hydrogens is 380 g/mol. The highest BCUT2D eigenvalue weighted by Crippen LogP contribution is 2.42. The van der Waals surface area contributed by atoms with Crippen LogP contribution in [-0.2, 0) is 4.74 Å². The van der Waals surface area contributed by atoms with Crippen LogP contribution in [-0.4, -0.2) is 46.9 Å². The van der Waals surface area contributed by atoms with E-state index in [9.17, 15) is 8.78 Å². The number of alkyl halides is 2. The molecule has 0 aromatic carbocycles. The molecule has 2 bridgehead atoms. The maximum atomic E-state index is 12.7. The molecule has 3 atom stereocenters. The normalized spacial score (nSPS) is 24.3. The molecule has 2 aromatic heterocycles. The first-order valence-corrected chi connectivity index (χ1v) is 9.96. The van der Waals surface area contributed by atoms with Crippen molar-refractivity contribution in [2.45, 2.75) is 50.9 Å². The molecule has 0 amide bonds. The maximum Gasteiger partial charge on any atom is 0.387 e. The van der Waals surface area contributed by atoms with Gasteiger partial charge in [0, 0.05) is 30.3 Å². The number of nitrogens with two attached hydrogens (primary N) is 1. The van der Waals surface area contributed by atoms with Gasteiger partial charge in [0.15, 0.2) is 11.6 Å². The fraction of sp³-hybridized carbons (Fsp3) is 0.550. The van der Waals surface area contributed by atoms with E-state index >= 15 is 0 Å². The zero-order valence-electron chi connectivity index (χ0n) is 16.1. The Morgan fingerprint density at radius 2 is 2.10 bits per heavy atom. The Kier molecular flexibility index (Phi) is 4.49. The van der Waals surface area contributed by atoms with Gasteiger partial charge in [0.2, 0.25) is 0 Å². The number of ether oxygens (including phenoxy) is 2. The van der Waals surface area contributed by atoms with Crippen LogP contribution >= 0.6 is 0 Å². The average Bonchev–Trinajstić information content (AvgIpc) is 3.34. The minimum atomic E-state index is -2.97. The third-order valence-corrected chi connectivity index (χ3v) is 6.05. The van der Waals surface area contributed by atoms with Gasteiger partial charge < -0.3 is 20.1 Å². The predicted octanol–water partition coefficient (Wildman–Crippen LogP) is 3.21. The van der Waals surface area contributed by atoms with Gasteiger partial charge in [-0.2, -0.15) is 8.78 Å². The summed E-state index contributed by atoms with van der Waals surface area (Å²) in [5, 5.41) is 0. The lowest BCUT2D eigenvalue weighted by Crippen LogP contribution is -2.37. The van der Waals surface area contributed by atoms with Gasteiger partial charge in [-0.3, -0.25) is 0 Å². The van der Waals surface area contributed by atoms with E-state index in [4.69, 9.17) is 20.4 Å². The summed E-state index contributed by atoms with van der Waals surface area (Å²) in [6, 6.07) is 3.67. The van der Waals surface area contributed by atoms with Crippen molar-refractivity contribution in [2.75, 3.05) is 23.8 Å². The number of nitrogens with zero attached hydrogens (tertiary/aromatic N) is 4. The van der Waals surface area contributed by atoms with E-state index in [0.29, 0.717) is 29.8 Å². The Labute approximate surface area is 167 Å². The van der Waals surface area contributed by atoms with Crippen LogP contribution in [0.5, 0.6) is 5.75 Å². The standard InChI is InChI=1S/C20H23F2N5O2/c1-10(11-2-3-11)19-25-15(12-4-16(29-20(21)22)18(23)24-7-12)6-17(26-19)27-8-14-5-13(27)9-28-14/h4,6-7,10-11,13-14,20H,2-3,5,8-9H2,1H3,(H2,23,24). The molecule has 2 N–H and O–H groups in total. The summed E-state index contributed by atoms with van der Waals surface area (Å²) in [4.78, 5) is 15.9. The Morgan fingerprint density at radius 1 is 1.28 bits per heavy atom. The third kappa shape index (κ3) is 3.59. The lowest BCUT2D eigenvalue weighted by Gasteiger charge is -2.29. The average molecular weight is 403 g/mol. The van der Waals surface area contributed by atoms with E-state index < -0.39 is 6.61 Å². The number of hydrogen-bond donors (Lipinski definition) is 1. The Hall–Kier alpha value is -2.55. The summed E-state index contributed by atoms with van der Waals surface area (Å²) >= 11 is 0. The lowest BCUT2D eigenvalue weighted by molar-refractivity contribution is -0.0494. The van der Waals surface area contributed by atoms with Crippen LogP contribution in [0.25, 0.3) is 11.3 Å². The molecule has 1 aliphatic carbocycles. The molecule has 2 aliphatic heterocycles. The van der Waals surface area contributed by atoms with Gasteiger partial charge in [0.1, 0.15) is 11.6 Å². The predicted molar refractivity (Wildman–Crippen MR) is 103 cm³/mol. The SMILES string of the molecule is CC(c1nc(-c2cnc(N)c(OC(F)F)c2)cc(N2CC3CC2CO3)n1)C1CC1. The molecule has 0 spiro atoms. The molecule has 3 fully saturated rings. The van der Waals surface area contributed by atoms with E-state index in [2.05, 4.69) is 21.5 Å². The van der Waals surface area contributed by atoms with Crippen LogP contribution in [0, 0.1) is 5.92 Å². The summed E-state index contributed by atoms with van der Waals surface area (Å²) in [5.74, 6) is 2.23. The number of anilines is 2. The summed E-state index contributed by atoms with van der Waals surface area (Å²) in [5.41, 5.74) is 6.89. The number of halogens is 2. The number of rotatable bonds is 6. The topological polar surface area (TPSA) is 86.4 Å². The molecule has 29 heavy (non-hydrogen) atoms. The van der Waals surface area contributed by atoms with Crippen LogP contribution in [0.2, 0.25) is 0 Å². The zero-order chi connectivity index (χ0) is 20.1. The van der Waals surface area contributed by atoms with Crippen LogP contribution in [0.4, 0.5) is 20.4 Å². The van der Waals surface area contributed by atoms with Crippen LogP contribution in [0.3, 0.4) is 0 Å². The molecule has 0 radical (unpaired) electrons. The second kappa shape index (κ2) is 7.05. The molecule has 5 rings (SSSR count). The smallest absolute Gasteiger partial charge is 0.387 e. The lowest BCUT2D eigenvalue weighted by atomic mass is 10.1. The van der Waals surface area contributed by atoms with Crippen molar-refractivity contribution in [1.82, 2.24) is 15.0 Å². The number of fused-ring (bicyclic) bond motifs is 2. The van der Waals surface area contributed by atoms with Crippen LogP contribution in [0.1, 0.15) is 37.9 Å². The summed E-state index contributed by atoms with van der Waals surface area (Å²) < 4.78 is 35.6. The van der Waals surface area contributed by atoms with E-state index in [1.54, 1.807) is 0 Å². The highest BCUT2D eigenvalue weighted by molar-refractivity contribution is 5.67. The molecule has 7 nitrogen and oxygen atoms in total. The Morgan fingerprint density at radius 3 is 2.76 bits per heavy atom. The van der Waals surface area contributed by atoms with Gasteiger partial charge in [-0.05, 0) is 31.2 Å². The molecule has 1 saturated carbocycles. The van der Waals surface area contributed by atoms with Gasteiger partial charge in [0.05, 0.1) is 24.4 Å². The molecule has 3 unspecified atom stereocenters. The number of morpholine rings is 1. The van der Waals surface area contributed by atoms with E-state index in [1.807, 2.05) is 6.07 Å². The number of pyridine rings is 1. The second-order valence-corrected chi connectivity index (χ2v) is 8.08. The van der Waals surface area contributed by atoms with Crippen molar-refractivity contribution in [3.05, 3.63) is 24.2 Å². The minimum absolute atomic E-state index is 0.0797. The van der Waals surface area contributed by atoms with Gasteiger partial charge >= 0.3 is 6.61 Å². The van der Waals surface area contributed by atoms with Crippen molar-refractivity contribution in [3.8, 4) is 17.0 Å². The molecule has 4 heterocycles. The summed E-state index contributed by atoms with van der Waals surface area (Å²) in [6.45, 7) is 0.679. The molecule has 9 heteroatoms. The van der Waals surface area contributed by atoms with Crippen molar-refractivity contribution < 1.29 is 18.3 Å². The molecule has 2 aromatic rings. The Balaban J connectivity index is 1.55. The van der Waals surface area contributed by atoms with Gasteiger partial charge in [-0.15, -0.1) is 0 Å². The van der Waals surface area contributed by atoms with Crippen LogP contribution in [0.15, 0.2) is 18.3 Å². The fourth-order valence-corrected chi connectivity index (χ4v) is 4.22. The van der Waals surface area contributed by atoms with Crippen molar-refractivity contribution in [1.29, 1.82) is 0 Å². The van der Waals surface area contributed by atoms with Gasteiger partial charge in [-0.25, -0.2) is 15.0 Å². The largest absolute Gasteiger partial charge is 0.431 e. The third-order valence-electron chi connectivity index (χ3n) is 6.05. The first-order chi connectivity index (χ1) is 14.0. The summed E-state index contributed by atoms with van der Waals surface area (Å²) in [7, 11) is 0. The van der Waals surface area contributed by atoms with E-state index in [0.717, 1.165) is 24.6 Å². The van der Waals surface area contributed by atoms with Crippen LogP contribution < -0.4 is 15.4 Å². The first-order valence-electron chi connectivity index (χ1n) is 9.96. The second-order valence-electron chi connectivity index (χ2n) is 8.08. The van der Waals surface area contributed by atoms with E-state index in [1.165, 1.54) is 25.1 Å². The Bertz CT molecular complexity index is 924. The number of aromatic nitrogens is 3. The van der Waals surface area contributed by atoms with Gasteiger partial charge in [0.25, 0.3) is 0 Å². The summed E-state index contributed by atoms with van der Waals surface area (Å²) in [6.07, 6.45) is 5.14. The zero-order valence-corrected chi connectivity index (χ0v) is 16.1. The maximum absolute atomic E-state index is 12.7. The fourth-order valence-electron chi connectivity index (χ4n) is 4.22. The highest BCUT2D eigenvalue weighted by Gasteiger charge is 2.40. The first kappa shape index (κ1) is 18.5. The molecular formula is C20H23F2N5O2. The monoisotopic (exact) mass is 403 g/mol. The van der Waals surface area contributed by atoms with Crippen molar-refractivity contribution in [2.24, 2.45) is 5.92 Å². The minimum Gasteiger partial charge on any atom is -0.431 e. The van der Waals surface area contributed by atoms with Crippen molar-refractivity contribution in [3.63, 3.8) is 0 Å². The van der Waals surface area contributed by atoms with E-state index in [-0.39, 0.29) is 23.6 Å². The molecule has 154 valence electrons.